The number of nitrogens with zero attached hydrogens (tertiary/aromatic N) is 3. The molecular formula is C10H15Cl2N3O. The smallest absolute Gasteiger partial charge is 0.224 e. The third-order valence-electron chi connectivity index (χ3n) is 1.96. The van der Waals surface area contributed by atoms with E-state index in [2.05, 4.69) is 9.97 Å². The third-order valence-corrected chi connectivity index (χ3v) is 2.40. The summed E-state index contributed by atoms with van der Waals surface area (Å²) in [6.07, 6.45) is 1.46. The molecule has 16 heavy (non-hydrogen) atoms. The SMILES string of the molecule is CCN(CC(C)(C)O)c1nc(Cl)ncc1Cl. The van der Waals surface area contributed by atoms with Gasteiger partial charge in [0.25, 0.3) is 0 Å². The van der Waals surface area contributed by atoms with Gasteiger partial charge in [-0.05, 0) is 32.4 Å². The van der Waals surface area contributed by atoms with Crippen LogP contribution in [0.2, 0.25) is 10.3 Å². The highest BCUT2D eigenvalue weighted by molar-refractivity contribution is 6.33. The van der Waals surface area contributed by atoms with E-state index in [0.29, 0.717) is 23.9 Å². The van der Waals surface area contributed by atoms with E-state index in [1.165, 1.54) is 6.20 Å². The molecule has 0 aromatic carbocycles. The molecule has 0 spiro atoms. The van der Waals surface area contributed by atoms with Crippen LogP contribution in [0.25, 0.3) is 0 Å². The van der Waals surface area contributed by atoms with Crippen LogP contribution in [0.1, 0.15) is 20.8 Å². The highest BCUT2D eigenvalue weighted by Crippen LogP contribution is 2.24. The zero-order valence-corrected chi connectivity index (χ0v) is 11.0. The monoisotopic (exact) mass is 263 g/mol. The molecule has 4 nitrogen and oxygen atoms in total. The van der Waals surface area contributed by atoms with Crippen LogP contribution in [0.5, 0.6) is 0 Å². The lowest BCUT2D eigenvalue weighted by atomic mass is 10.1. The molecule has 90 valence electrons. The van der Waals surface area contributed by atoms with Crippen molar-refractivity contribution in [1.82, 2.24) is 9.97 Å². The largest absolute Gasteiger partial charge is 0.389 e. The number of anilines is 1. The second-order valence-corrected chi connectivity index (χ2v) is 4.88. The maximum absolute atomic E-state index is 9.78. The summed E-state index contributed by atoms with van der Waals surface area (Å²) in [6.45, 7) is 6.52. The first kappa shape index (κ1) is 13.5. The van der Waals surface area contributed by atoms with Crippen molar-refractivity contribution >= 4 is 29.0 Å². The normalized spacial score (nSPS) is 11.6. The fourth-order valence-electron chi connectivity index (χ4n) is 1.36. The fourth-order valence-corrected chi connectivity index (χ4v) is 1.70. The van der Waals surface area contributed by atoms with Crippen LogP contribution < -0.4 is 4.90 Å². The molecule has 0 atom stereocenters. The van der Waals surface area contributed by atoms with Crippen molar-refractivity contribution in [2.24, 2.45) is 0 Å². The molecule has 1 heterocycles. The van der Waals surface area contributed by atoms with Gasteiger partial charge in [0.05, 0.1) is 11.8 Å². The van der Waals surface area contributed by atoms with Gasteiger partial charge in [-0.1, -0.05) is 11.6 Å². The van der Waals surface area contributed by atoms with Crippen LogP contribution >= 0.6 is 23.2 Å². The topological polar surface area (TPSA) is 49.2 Å². The van der Waals surface area contributed by atoms with E-state index in [-0.39, 0.29) is 5.28 Å². The molecule has 0 aliphatic rings. The van der Waals surface area contributed by atoms with Gasteiger partial charge in [-0.2, -0.15) is 4.98 Å². The Bertz CT molecular complexity index is 366. The van der Waals surface area contributed by atoms with Gasteiger partial charge >= 0.3 is 0 Å². The molecule has 0 saturated heterocycles. The molecule has 0 bridgehead atoms. The summed E-state index contributed by atoms with van der Waals surface area (Å²) < 4.78 is 0. The minimum absolute atomic E-state index is 0.147. The predicted octanol–water partition coefficient (Wildman–Crippen LogP) is 2.38. The number of rotatable bonds is 4. The Morgan fingerprint density at radius 2 is 2.06 bits per heavy atom. The fraction of sp³-hybridized carbons (Fsp3) is 0.600. The molecule has 0 unspecified atom stereocenters. The number of aromatic nitrogens is 2. The van der Waals surface area contributed by atoms with Crippen LogP contribution in [-0.2, 0) is 0 Å². The summed E-state index contributed by atoms with van der Waals surface area (Å²) in [5.74, 6) is 0.547. The van der Waals surface area contributed by atoms with E-state index in [0.717, 1.165) is 0 Å². The maximum atomic E-state index is 9.78. The van der Waals surface area contributed by atoms with Crippen molar-refractivity contribution in [2.45, 2.75) is 26.4 Å². The quantitative estimate of drug-likeness (QED) is 0.848. The van der Waals surface area contributed by atoms with Crippen LogP contribution in [-0.4, -0.2) is 33.8 Å². The molecular weight excluding hydrogens is 249 g/mol. The summed E-state index contributed by atoms with van der Waals surface area (Å²) >= 11 is 11.7. The number of halogens is 2. The third kappa shape index (κ3) is 3.77. The minimum atomic E-state index is -0.823. The van der Waals surface area contributed by atoms with E-state index in [1.54, 1.807) is 13.8 Å². The lowest BCUT2D eigenvalue weighted by Gasteiger charge is -2.29. The van der Waals surface area contributed by atoms with Gasteiger partial charge in [0.1, 0.15) is 5.02 Å². The zero-order valence-electron chi connectivity index (χ0n) is 9.54. The second-order valence-electron chi connectivity index (χ2n) is 4.14. The maximum Gasteiger partial charge on any atom is 0.224 e. The summed E-state index contributed by atoms with van der Waals surface area (Å²) in [6, 6.07) is 0. The lowest BCUT2D eigenvalue weighted by molar-refractivity contribution is 0.0874. The number of hydrogen-bond donors (Lipinski definition) is 1. The van der Waals surface area contributed by atoms with E-state index >= 15 is 0 Å². The molecule has 0 aliphatic heterocycles. The molecule has 1 rings (SSSR count). The van der Waals surface area contributed by atoms with Crippen molar-refractivity contribution in [1.29, 1.82) is 0 Å². The van der Waals surface area contributed by atoms with Crippen LogP contribution in [0.4, 0.5) is 5.82 Å². The van der Waals surface area contributed by atoms with Crippen molar-refractivity contribution < 1.29 is 5.11 Å². The Balaban J connectivity index is 2.99. The minimum Gasteiger partial charge on any atom is -0.389 e. The predicted molar refractivity (Wildman–Crippen MR) is 66.2 cm³/mol. The Kier molecular flexibility index (Phi) is 4.35. The molecule has 1 aromatic rings. The lowest BCUT2D eigenvalue weighted by Crippen LogP contribution is -2.39. The highest BCUT2D eigenvalue weighted by atomic mass is 35.5. The van der Waals surface area contributed by atoms with Gasteiger partial charge in [0, 0.05) is 13.1 Å². The molecule has 0 saturated carbocycles. The summed E-state index contributed by atoms with van der Waals surface area (Å²) in [5.41, 5.74) is -0.823. The highest BCUT2D eigenvalue weighted by Gasteiger charge is 2.20. The average Bonchev–Trinajstić information content (AvgIpc) is 2.17. The van der Waals surface area contributed by atoms with Crippen molar-refractivity contribution in [3.8, 4) is 0 Å². The Morgan fingerprint density at radius 3 is 2.56 bits per heavy atom. The van der Waals surface area contributed by atoms with Crippen LogP contribution in [0.15, 0.2) is 6.20 Å². The van der Waals surface area contributed by atoms with Gasteiger partial charge in [-0.3, -0.25) is 0 Å². The van der Waals surface area contributed by atoms with Crippen molar-refractivity contribution in [3.63, 3.8) is 0 Å². The van der Waals surface area contributed by atoms with Gasteiger partial charge in [0.2, 0.25) is 5.28 Å². The van der Waals surface area contributed by atoms with E-state index < -0.39 is 5.60 Å². The van der Waals surface area contributed by atoms with Crippen molar-refractivity contribution in [3.05, 3.63) is 16.5 Å². The Morgan fingerprint density at radius 1 is 1.44 bits per heavy atom. The van der Waals surface area contributed by atoms with Gasteiger partial charge in [-0.15, -0.1) is 0 Å². The van der Waals surface area contributed by atoms with Gasteiger partial charge < -0.3 is 10.0 Å². The molecule has 0 fully saturated rings. The summed E-state index contributed by atoms with van der Waals surface area (Å²) in [5, 5.41) is 10.4. The average molecular weight is 264 g/mol. The van der Waals surface area contributed by atoms with Gasteiger partial charge in [0.15, 0.2) is 5.82 Å². The molecule has 6 heteroatoms. The standard InChI is InChI=1S/C10H15Cl2N3O/c1-4-15(6-10(2,3)16)8-7(11)5-13-9(12)14-8/h5,16H,4,6H2,1-3H3. The Labute approximate surface area is 105 Å². The van der Waals surface area contributed by atoms with E-state index in [4.69, 9.17) is 23.2 Å². The van der Waals surface area contributed by atoms with Crippen LogP contribution in [0, 0.1) is 0 Å². The van der Waals surface area contributed by atoms with Gasteiger partial charge in [-0.25, -0.2) is 4.98 Å². The second kappa shape index (κ2) is 5.17. The van der Waals surface area contributed by atoms with E-state index in [1.807, 2.05) is 11.8 Å². The molecule has 0 radical (unpaired) electrons. The molecule has 0 amide bonds. The molecule has 1 aromatic heterocycles. The summed E-state index contributed by atoms with van der Waals surface area (Å²) in [4.78, 5) is 9.71. The summed E-state index contributed by atoms with van der Waals surface area (Å²) in [7, 11) is 0. The number of hydrogen-bond acceptors (Lipinski definition) is 4. The number of likely N-dealkylation sites (N-methyl/N-ethyl adjacent to an activating group) is 1. The number of aliphatic hydroxyl groups is 1. The van der Waals surface area contributed by atoms with E-state index in [9.17, 15) is 5.11 Å². The molecule has 0 aliphatic carbocycles. The Hall–Kier alpha value is -0.580. The van der Waals surface area contributed by atoms with Crippen molar-refractivity contribution in [2.75, 3.05) is 18.0 Å². The molecule has 1 N–H and O–H groups in total. The van der Waals surface area contributed by atoms with Crippen LogP contribution in [0.3, 0.4) is 0 Å². The first-order valence-electron chi connectivity index (χ1n) is 4.99. The first-order valence-corrected chi connectivity index (χ1v) is 5.74. The first-order chi connectivity index (χ1) is 7.33. The zero-order chi connectivity index (χ0) is 12.3.